The fourth-order valence-corrected chi connectivity index (χ4v) is 3.03. The highest BCUT2D eigenvalue weighted by Gasteiger charge is 2.50. The zero-order chi connectivity index (χ0) is 15.5. The minimum absolute atomic E-state index is 0.249. The van der Waals surface area contributed by atoms with E-state index in [1.54, 1.807) is 21.3 Å². The molecule has 1 unspecified atom stereocenters. The van der Waals surface area contributed by atoms with Crippen LogP contribution < -0.4 is 0 Å². The third-order valence-electron chi connectivity index (χ3n) is 4.13. The smallest absolute Gasteiger partial charge is 0.186 e. The summed E-state index contributed by atoms with van der Waals surface area (Å²) < 4.78 is 34.2. The normalized spacial score (nSPS) is 38.5. The predicted molar refractivity (Wildman–Crippen MR) is 77.3 cm³/mol. The lowest BCUT2D eigenvalue weighted by atomic mass is 9.97. The number of fused-ring (bicyclic) bond motifs is 1. The number of ether oxygens (including phenoxy) is 6. The lowest BCUT2D eigenvalue weighted by Gasteiger charge is -2.48. The Labute approximate surface area is 130 Å². The molecule has 6 heteroatoms. The second-order valence-electron chi connectivity index (χ2n) is 5.36. The molecule has 0 saturated carbocycles. The maximum atomic E-state index is 6.10. The van der Waals surface area contributed by atoms with Crippen LogP contribution in [0.3, 0.4) is 0 Å². The number of methoxy groups -OCH3 is 3. The maximum Gasteiger partial charge on any atom is 0.186 e. The van der Waals surface area contributed by atoms with Crippen molar-refractivity contribution in [3.63, 3.8) is 0 Å². The molecule has 0 N–H and O–H groups in total. The van der Waals surface area contributed by atoms with Crippen LogP contribution in [0, 0.1) is 0 Å². The molecule has 1 aromatic carbocycles. The number of hydrogen-bond donors (Lipinski definition) is 0. The van der Waals surface area contributed by atoms with Gasteiger partial charge in [0.1, 0.15) is 24.4 Å². The molecule has 6 atom stereocenters. The Bertz CT molecular complexity index is 467. The van der Waals surface area contributed by atoms with E-state index < -0.39 is 12.6 Å². The Kier molecular flexibility index (Phi) is 5.07. The van der Waals surface area contributed by atoms with Gasteiger partial charge in [0.05, 0.1) is 6.61 Å². The molecule has 2 aliphatic heterocycles. The summed E-state index contributed by atoms with van der Waals surface area (Å²) in [6.45, 7) is 0.417. The summed E-state index contributed by atoms with van der Waals surface area (Å²) in [5.74, 6) is 0. The van der Waals surface area contributed by atoms with E-state index in [2.05, 4.69) is 0 Å². The van der Waals surface area contributed by atoms with Crippen molar-refractivity contribution in [3.8, 4) is 0 Å². The van der Waals surface area contributed by atoms with Crippen LogP contribution in [-0.4, -0.2) is 58.6 Å². The van der Waals surface area contributed by atoms with Gasteiger partial charge in [0, 0.05) is 26.9 Å². The Morgan fingerprint density at radius 3 is 2.27 bits per heavy atom. The molecule has 1 aromatic rings. The summed E-state index contributed by atoms with van der Waals surface area (Å²) in [6.07, 6.45) is -2.10. The van der Waals surface area contributed by atoms with E-state index in [1.807, 2.05) is 30.3 Å². The molecule has 0 aromatic heterocycles. The molecule has 0 spiro atoms. The molecule has 0 radical (unpaired) electrons. The molecular formula is C16H22O6. The molecule has 122 valence electrons. The highest BCUT2D eigenvalue weighted by Crippen LogP contribution is 2.35. The zero-order valence-electron chi connectivity index (χ0n) is 13.0. The second kappa shape index (κ2) is 7.04. The van der Waals surface area contributed by atoms with Crippen molar-refractivity contribution in [3.05, 3.63) is 35.9 Å². The number of benzene rings is 1. The monoisotopic (exact) mass is 310 g/mol. The first-order chi connectivity index (χ1) is 10.8. The lowest BCUT2D eigenvalue weighted by molar-refractivity contribution is -0.363. The fourth-order valence-electron chi connectivity index (χ4n) is 3.03. The summed E-state index contributed by atoms with van der Waals surface area (Å²) >= 11 is 0. The Balaban J connectivity index is 1.79. The van der Waals surface area contributed by atoms with E-state index in [-0.39, 0.29) is 24.4 Å². The van der Waals surface area contributed by atoms with Crippen LogP contribution in [0.25, 0.3) is 0 Å². The van der Waals surface area contributed by atoms with Crippen molar-refractivity contribution in [2.45, 2.75) is 37.0 Å². The minimum Gasteiger partial charge on any atom is -0.376 e. The molecule has 0 bridgehead atoms. The fraction of sp³-hybridized carbons (Fsp3) is 0.625. The molecule has 0 amide bonds. The van der Waals surface area contributed by atoms with Crippen molar-refractivity contribution >= 4 is 0 Å². The molecule has 3 rings (SSSR count). The van der Waals surface area contributed by atoms with Crippen molar-refractivity contribution in [1.29, 1.82) is 0 Å². The molecular weight excluding hydrogens is 288 g/mol. The van der Waals surface area contributed by atoms with Crippen LogP contribution >= 0.6 is 0 Å². The first-order valence-electron chi connectivity index (χ1n) is 7.34. The first kappa shape index (κ1) is 15.9. The highest BCUT2D eigenvalue weighted by atomic mass is 16.8. The average Bonchev–Trinajstić information content (AvgIpc) is 2.60. The van der Waals surface area contributed by atoms with Crippen molar-refractivity contribution < 1.29 is 28.4 Å². The van der Waals surface area contributed by atoms with E-state index >= 15 is 0 Å². The molecule has 22 heavy (non-hydrogen) atoms. The molecule has 2 saturated heterocycles. The second-order valence-corrected chi connectivity index (χ2v) is 5.36. The summed E-state index contributed by atoms with van der Waals surface area (Å²) in [6, 6.07) is 9.82. The van der Waals surface area contributed by atoms with E-state index in [1.165, 1.54) is 0 Å². The zero-order valence-corrected chi connectivity index (χ0v) is 13.0. The van der Waals surface area contributed by atoms with Crippen molar-refractivity contribution in [2.75, 3.05) is 27.9 Å². The van der Waals surface area contributed by atoms with Gasteiger partial charge < -0.3 is 28.4 Å². The van der Waals surface area contributed by atoms with Gasteiger partial charge in [-0.3, -0.25) is 0 Å². The van der Waals surface area contributed by atoms with Crippen LogP contribution in [-0.2, 0) is 28.4 Å². The average molecular weight is 310 g/mol. The van der Waals surface area contributed by atoms with Crippen molar-refractivity contribution in [2.24, 2.45) is 0 Å². The van der Waals surface area contributed by atoms with Gasteiger partial charge in [-0.1, -0.05) is 30.3 Å². The third-order valence-corrected chi connectivity index (χ3v) is 4.13. The van der Waals surface area contributed by atoms with Gasteiger partial charge in [-0.25, -0.2) is 0 Å². The SMILES string of the molecule is CO[C@@H]1O[C@@H]2COC(c3ccccc3)O[C@H]2[C@H](OC)[C@H]1OC. The summed E-state index contributed by atoms with van der Waals surface area (Å²) in [7, 11) is 4.84. The van der Waals surface area contributed by atoms with E-state index in [4.69, 9.17) is 28.4 Å². The van der Waals surface area contributed by atoms with Gasteiger partial charge in [-0.05, 0) is 0 Å². The molecule has 2 heterocycles. The topological polar surface area (TPSA) is 55.4 Å². The van der Waals surface area contributed by atoms with Gasteiger partial charge >= 0.3 is 0 Å². The minimum atomic E-state index is -0.503. The van der Waals surface area contributed by atoms with Crippen LogP contribution in [0.1, 0.15) is 11.9 Å². The van der Waals surface area contributed by atoms with Gasteiger partial charge in [0.15, 0.2) is 12.6 Å². The number of rotatable bonds is 4. The third kappa shape index (κ3) is 2.90. The van der Waals surface area contributed by atoms with Gasteiger partial charge in [-0.2, -0.15) is 0 Å². The van der Waals surface area contributed by atoms with E-state index in [0.29, 0.717) is 6.61 Å². The molecule has 2 fully saturated rings. The Morgan fingerprint density at radius 1 is 0.909 bits per heavy atom. The van der Waals surface area contributed by atoms with Crippen LogP contribution in [0.15, 0.2) is 30.3 Å². The van der Waals surface area contributed by atoms with E-state index in [9.17, 15) is 0 Å². The summed E-state index contributed by atoms with van der Waals surface area (Å²) in [5.41, 5.74) is 0.971. The van der Waals surface area contributed by atoms with Gasteiger partial charge in [0.25, 0.3) is 0 Å². The largest absolute Gasteiger partial charge is 0.376 e. The molecule has 2 aliphatic rings. The maximum absolute atomic E-state index is 6.10. The van der Waals surface area contributed by atoms with Gasteiger partial charge in [-0.15, -0.1) is 0 Å². The molecule has 6 nitrogen and oxygen atoms in total. The standard InChI is InChI=1S/C16H22O6/c1-17-13-12-11(21-16(19-3)14(13)18-2)9-20-15(22-12)10-7-5-4-6-8-10/h4-8,11-16H,9H2,1-3H3/t11-,12-,13+,14-,15?,16-/m1/s1. The van der Waals surface area contributed by atoms with Gasteiger partial charge in [0.2, 0.25) is 0 Å². The number of hydrogen-bond acceptors (Lipinski definition) is 6. The van der Waals surface area contributed by atoms with Crippen LogP contribution in [0.2, 0.25) is 0 Å². The first-order valence-corrected chi connectivity index (χ1v) is 7.34. The van der Waals surface area contributed by atoms with E-state index in [0.717, 1.165) is 5.56 Å². The summed E-state index contributed by atoms with van der Waals surface area (Å²) in [5, 5.41) is 0. The van der Waals surface area contributed by atoms with Crippen LogP contribution in [0.5, 0.6) is 0 Å². The quantitative estimate of drug-likeness (QED) is 0.840. The Morgan fingerprint density at radius 2 is 1.64 bits per heavy atom. The summed E-state index contributed by atoms with van der Waals surface area (Å²) in [4.78, 5) is 0. The Hall–Kier alpha value is -1.02. The predicted octanol–water partition coefficient (Wildman–Crippen LogP) is 1.50. The van der Waals surface area contributed by atoms with Crippen LogP contribution in [0.4, 0.5) is 0 Å². The highest BCUT2D eigenvalue weighted by molar-refractivity contribution is 5.16. The van der Waals surface area contributed by atoms with Crippen molar-refractivity contribution in [1.82, 2.24) is 0 Å². The molecule has 0 aliphatic carbocycles. The lowest BCUT2D eigenvalue weighted by Crippen LogP contribution is -2.63.